The van der Waals surface area contributed by atoms with Crippen LogP contribution in [0.15, 0.2) is 71.7 Å². The summed E-state index contributed by atoms with van der Waals surface area (Å²) in [5.41, 5.74) is 3.39. The van der Waals surface area contributed by atoms with Crippen molar-refractivity contribution in [2.75, 3.05) is 6.54 Å². The zero-order valence-electron chi connectivity index (χ0n) is 13.8. The lowest BCUT2D eigenvalue weighted by Gasteiger charge is -2.06. The van der Waals surface area contributed by atoms with Crippen LogP contribution >= 0.6 is 15.9 Å². The van der Waals surface area contributed by atoms with Gasteiger partial charge in [0.25, 0.3) is 5.91 Å². The number of fused-ring (bicyclic) bond motifs is 1. The fraction of sp³-hybridized carbons (Fsp3) is 0.105. The molecular formula is C19H16BrN5O. The molecule has 4 aromatic rings. The molecule has 3 aromatic heterocycles. The van der Waals surface area contributed by atoms with Gasteiger partial charge < -0.3 is 9.72 Å². The van der Waals surface area contributed by atoms with Crippen LogP contribution in [-0.4, -0.2) is 31.6 Å². The van der Waals surface area contributed by atoms with Crippen molar-refractivity contribution in [1.82, 2.24) is 24.5 Å². The SMILES string of the molecule is O=C(NCCc1cn2ccccc2n1)c1ccc(-n2cc(Br)cn2)cc1. The number of carbonyl (C=O) groups is 1. The minimum absolute atomic E-state index is 0.0954. The summed E-state index contributed by atoms with van der Waals surface area (Å²) in [6.45, 7) is 0.538. The molecule has 6 nitrogen and oxygen atoms in total. The Morgan fingerprint density at radius 3 is 2.69 bits per heavy atom. The first-order valence-electron chi connectivity index (χ1n) is 8.20. The maximum atomic E-state index is 12.3. The smallest absolute Gasteiger partial charge is 0.251 e. The van der Waals surface area contributed by atoms with Crippen LogP contribution < -0.4 is 5.32 Å². The lowest BCUT2D eigenvalue weighted by Crippen LogP contribution is -2.25. The number of benzene rings is 1. The van der Waals surface area contributed by atoms with Gasteiger partial charge in [0.15, 0.2) is 0 Å². The van der Waals surface area contributed by atoms with E-state index in [-0.39, 0.29) is 5.91 Å². The quantitative estimate of drug-likeness (QED) is 0.550. The maximum absolute atomic E-state index is 12.3. The van der Waals surface area contributed by atoms with E-state index in [0.29, 0.717) is 18.5 Å². The minimum Gasteiger partial charge on any atom is -0.352 e. The lowest BCUT2D eigenvalue weighted by atomic mass is 10.2. The van der Waals surface area contributed by atoms with Crippen LogP contribution in [0.3, 0.4) is 0 Å². The second-order valence-corrected chi connectivity index (χ2v) is 6.77. The zero-order valence-corrected chi connectivity index (χ0v) is 15.4. The van der Waals surface area contributed by atoms with E-state index in [2.05, 4.69) is 31.3 Å². The van der Waals surface area contributed by atoms with Gasteiger partial charge in [-0.25, -0.2) is 9.67 Å². The number of pyridine rings is 1. The first-order chi connectivity index (χ1) is 12.7. The van der Waals surface area contributed by atoms with Crippen LogP contribution in [0.25, 0.3) is 11.3 Å². The summed E-state index contributed by atoms with van der Waals surface area (Å²) in [6.07, 6.45) is 8.22. The van der Waals surface area contributed by atoms with Gasteiger partial charge in [-0.3, -0.25) is 4.79 Å². The van der Waals surface area contributed by atoms with Crippen LogP contribution in [0, 0.1) is 0 Å². The fourth-order valence-corrected chi connectivity index (χ4v) is 3.01. The third kappa shape index (κ3) is 3.52. The Balaban J connectivity index is 1.35. The van der Waals surface area contributed by atoms with E-state index >= 15 is 0 Å². The topological polar surface area (TPSA) is 64.2 Å². The predicted molar refractivity (Wildman–Crippen MR) is 102 cm³/mol. The van der Waals surface area contributed by atoms with Gasteiger partial charge in [-0.15, -0.1) is 0 Å². The molecule has 0 fully saturated rings. The maximum Gasteiger partial charge on any atom is 0.251 e. The number of aromatic nitrogens is 4. The number of carbonyl (C=O) groups excluding carboxylic acids is 1. The second-order valence-electron chi connectivity index (χ2n) is 5.85. The molecule has 0 aliphatic rings. The molecule has 0 unspecified atom stereocenters. The second kappa shape index (κ2) is 7.13. The van der Waals surface area contributed by atoms with Crippen molar-refractivity contribution in [3.8, 4) is 5.69 Å². The van der Waals surface area contributed by atoms with Crippen molar-refractivity contribution < 1.29 is 4.79 Å². The molecular weight excluding hydrogens is 394 g/mol. The highest BCUT2D eigenvalue weighted by Gasteiger charge is 2.07. The Kier molecular flexibility index (Phi) is 4.53. The third-order valence-electron chi connectivity index (χ3n) is 4.03. The molecule has 0 spiro atoms. The van der Waals surface area contributed by atoms with Gasteiger partial charge in [0.1, 0.15) is 5.65 Å². The molecule has 130 valence electrons. The number of amides is 1. The Hall–Kier alpha value is -2.93. The Labute approximate surface area is 158 Å². The monoisotopic (exact) mass is 409 g/mol. The van der Waals surface area contributed by atoms with Gasteiger partial charge in [0, 0.05) is 37.1 Å². The van der Waals surface area contributed by atoms with Crippen molar-refractivity contribution in [2.45, 2.75) is 6.42 Å². The van der Waals surface area contributed by atoms with Gasteiger partial charge in [-0.2, -0.15) is 5.10 Å². The largest absolute Gasteiger partial charge is 0.352 e. The van der Waals surface area contributed by atoms with Crippen LogP contribution in [0.5, 0.6) is 0 Å². The molecule has 1 N–H and O–H groups in total. The molecule has 1 aromatic carbocycles. The predicted octanol–water partition coefficient (Wildman–Crippen LogP) is 3.26. The molecule has 0 bridgehead atoms. The van der Waals surface area contributed by atoms with Gasteiger partial charge in [0.05, 0.1) is 22.1 Å². The number of halogens is 1. The molecule has 0 aliphatic heterocycles. The normalized spacial score (nSPS) is 11.0. The summed E-state index contributed by atoms with van der Waals surface area (Å²) in [4.78, 5) is 16.8. The van der Waals surface area contributed by atoms with E-state index < -0.39 is 0 Å². The highest BCUT2D eigenvalue weighted by molar-refractivity contribution is 9.10. The molecule has 0 aliphatic carbocycles. The Morgan fingerprint density at radius 2 is 1.96 bits per heavy atom. The van der Waals surface area contributed by atoms with Crippen molar-refractivity contribution in [2.24, 2.45) is 0 Å². The Bertz CT molecular complexity index is 1020. The fourth-order valence-electron chi connectivity index (χ4n) is 2.72. The lowest BCUT2D eigenvalue weighted by molar-refractivity contribution is 0.0954. The van der Waals surface area contributed by atoms with Crippen LogP contribution in [0.1, 0.15) is 16.1 Å². The van der Waals surface area contributed by atoms with Gasteiger partial charge in [0.2, 0.25) is 0 Å². The summed E-state index contributed by atoms with van der Waals surface area (Å²) in [5.74, 6) is -0.0954. The summed E-state index contributed by atoms with van der Waals surface area (Å²) in [6, 6.07) is 13.2. The summed E-state index contributed by atoms with van der Waals surface area (Å²) in [5, 5.41) is 7.16. The number of rotatable bonds is 5. The van der Waals surface area contributed by atoms with Gasteiger partial charge in [-0.05, 0) is 52.3 Å². The Morgan fingerprint density at radius 1 is 1.12 bits per heavy atom. The average Bonchev–Trinajstić information content (AvgIpc) is 3.27. The zero-order chi connectivity index (χ0) is 17.9. The molecule has 26 heavy (non-hydrogen) atoms. The number of hydrogen-bond acceptors (Lipinski definition) is 3. The van der Waals surface area contributed by atoms with Crippen LogP contribution in [0.2, 0.25) is 0 Å². The standard InChI is InChI=1S/C19H16BrN5O/c20-15-11-22-25(12-15)17-6-4-14(5-7-17)19(26)21-9-8-16-13-24-10-2-1-3-18(24)23-16/h1-7,10-13H,8-9H2,(H,21,26). The van der Waals surface area contributed by atoms with E-state index in [9.17, 15) is 4.79 Å². The number of nitrogens with one attached hydrogen (secondary N) is 1. The third-order valence-corrected chi connectivity index (χ3v) is 4.44. The summed E-state index contributed by atoms with van der Waals surface area (Å²) >= 11 is 3.37. The molecule has 7 heteroatoms. The van der Waals surface area contributed by atoms with Gasteiger partial charge in [-0.1, -0.05) is 6.07 Å². The number of imidazole rings is 1. The van der Waals surface area contributed by atoms with E-state index in [0.717, 1.165) is 21.5 Å². The van der Waals surface area contributed by atoms with Crippen LogP contribution in [-0.2, 0) is 6.42 Å². The first kappa shape index (κ1) is 16.5. The van der Waals surface area contributed by atoms with Crippen molar-refractivity contribution in [3.63, 3.8) is 0 Å². The van der Waals surface area contributed by atoms with E-state index in [1.165, 1.54) is 0 Å². The highest BCUT2D eigenvalue weighted by Crippen LogP contribution is 2.13. The van der Waals surface area contributed by atoms with E-state index in [1.807, 2.05) is 53.3 Å². The molecule has 0 atom stereocenters. The highest BCUT2D eigenvalue weighted by atomic mass is 79.9. The molecule has 1 amide bonds. The first-order valence-corrected chi connectivity index (χ1v) is 9.00. The molecule has 0 radical (unpaired) electrons. The molecule has 4 rings (SSSR count). The van der Waals surface area contributed by atoms with E-state index in [1.54, 1.807) is 23.0 Å². The summed E-state index contributed by atoms with van der Waals surface area (Å²) < 4.78 is 4.63. The summed E-state index contributed by atoms with van der Waals surface area (Å²) in [7, 11) is 0. The molecule has 3 heterocycles. The van der Waals surface area contributed by atoms with Crippen molar-refractivity contribution in [3.05, 3.63) is 83.0 Å². The number of hydrogen-bond donors (Lipinski definition) is 1. The number of nitrogens with zero attached hydrogens (tertiary/aromatic N) is 4. The molecule has 0 saturated heterocycles. The van der Waals surface area contributed by atoms with Crippen molar-refractivity contribution in [1.29, 1.82) is 0 Å². The van der Waals surface area contributed by atoms with Gasteiger partial charge >= 0.3 is 0 Å². The minimum atomic E-state index is -0.0954. The molecule has 0 saturated carbocycles. The van der Waals surface area contributed by atoms with E-state index in [4.69, 9.17) is 0 Å². The average molecular weight is 410 g/mol. The van der Waals surface area contributed by atoms with Crippen LogP contribution in [0.4, 0.5) is 0 Å². The van der Waals surface area contributed by atoms with Crippen molar-refractivity contribution >= 4 is 27.5 Å².